The lowest BCUT2D eigenvalue weighted by Gasteiger charge is -2.05. The first-order valence-corrected chi connectivity index (χ1v) is 5.06. The number of anilines is 1. The van der Waals surface area contributed by atoms with Crippen molar-refractivity contribution in [1.82, 2.24) is 15.3 Å². The van der Waals surface area contributed by atoms with E-state index in [1.807, 2.05) is 0 Å². The fourth-order valence-corrected chi connectivity index (χ4v) is 1.15. The predicted octanol–water partition coefficient (Wildman–Crippen LogP) is 0.300. The van der Waals surface area contributed by atoms with Crippen LogP contribution in [-0.2, 0) is 4.79 Å². The number of rotatable bonds is 5. The van der Waals surface area contributed by atoms with Gasteiger partial charge in [0, 0.05) is 6.07 Å². The molecule has 0 saturated heterocycles. The van der Waals surface area contributed by atoms with E-state index in [2.05, 4.69) is 26.5 Å². The molecule has 17 heavy (non-hydrogen) atoms. The number of carbonyl (C=O) groups is 1. The summed E-state index contributed by atoms with van der Waals surface area (Å²) in [6.45, 7) is 0.384. The Balaban J connectivity index is 2.59. The molecule has 0 aliphatic rings. The number of hydrogen-bond acceptors (Lipinski definition) is 5. The number of methoxy groups -OCH3 is 1. The minimum absolute atomic E-state index is 0.0718. The normalized spacial score (nSPS) is 9.47. The largest absolute Gasteiger partial charge is 0.481 e. The van der Waals surface area contributed by atoms with Gasteiger partial charge in [-0.25, -0.2) is 4.98 Å². The van der Waals surface area contributed by atoms with E-state index in [4.69, 9.17) is 22.8 Å². The summed E-state index contributed by atoms with van der Waals surface area (Å²) in [6, 6.07) is 1.44. The van der Waals surface area contributed by atoms with E-state index in [1.165, 1.54) is 13.2 Å². The molecule has 0 spiro atoms. The van der Waals surface area contributed by atoms with E-state index in [0.717, 1.165) is 0 Å². The lowest BCUT2D eigenvalue weighted by atomic mass is 10.5. The summed E-state index contributed by atoms with van der Waals surface area (Å²) in [6.07, 6.45) is 5.02. The highest BCUT2D eigenvalue weighted by Crippen LogP contribution is 2.15. The standard InChI is InChI=1S/C10H11ClN4O2/c1-3-4-12-6-8(16)14-10-13-7(11)5-9(15-10)17-2/h1,5,12H,4,6H2,2H3,(H,13,14,15,16). The number of halogens is 1. The van der Waals surface area contributed by atoms with E-state index in [1.54, 1.807) is 0 Å². The molecule has 6 nitrogen and oxygen atoms in total. The zero-order valence-electron chi connectivity index (χ0n) is 9.16. The average molecular weight is 255 g/mol. The van der Waals surface area contributed by atoms with Gasteiger partial charge in [0.1, 0.15) is 5.15 Å². The third-order valence-electron chi connectivity index (χ3n) is 1.64. The molecule has 0 unspecified atom stereocenters. The molecule has 0 atom stereocenters. The van der Waals surface area contributed by atoms with E-state index >= 15 is 0 Å². The summed E-state index contributed by atoms with van der Waals surface area (Å²) in [5, 5.41) is 5.37. The zero-order valence-corrected chi connectivity index (χ0v) is 9.91. The number of amides is 1. The van der Waals surface area contributed by atoms with Crippen LogP contribution in [0.15, 0.2) is 6.07 Å². The first-order valence-electron chi connectivity index (χ1n) is 4.68. The van der Waals surface area contributed by atoms with Crippen molar-refractivity contribution in [3.8, 4) is 18.2 Å². The lowest BCUT2D eigenvalue weighted by molar-refractivity contribution is -0.115. The average Bonchev–Trinajstić information content (AvgIpc) is 2.28. The second-order valence-corrected chi connectivity index (χ2v) is 3.30. The van der Waals surface area contributed by atoms with Gasteiger partial charge in [-0.1, -0.05) is 17.5 Å². The smallest absolute Gasteiger partial charge is 0.240 e. The first-order chi connectivity index (χ1) is 8.15. The Morgan fingerprint density at radius 2 is 2.41 bits per heavy atom. The Kier molecular flexibility index (Phi) is 5.20. The highest BCUT2D eigenvalue weighted by atomic mass is 35.5. The van der Waals surface area contributed by atoms with Crippen molar-refractivity contribution >= 4 is 23.5 Å². The van der Waals surface area contributed by atoms with Crippen LogP contribution >= 0.6 is 11.6 Å². The number of hydrogen-bond donors (Lipinski definition) is 2. The Hall–Kier alpha value is -1.84. The quantitative estimate of drug-likeness (QED) is 0.449. The maximum absolute atomic E-state index is 11.4. The molecular weight excluding hydrogens is 244 g/mol. The molecule has 0 fully saturated rings. The van der Waals surface area contributed by atoms with Crippen molar-refractivity contribution in [2.24, 2.45) is 0 Å². The number of terminal acetylenes is 1. The van der Waals surface area contributed by atoms with Gasteiger partial charge in [0.15, 0.2) is 0 Å². The van der Waals surface area contributed by atoms with Crippen molar-refractivity contribution in [3.05, 3.63) is 11.2 Å². The number of nitrogens with zero attached hydrogens (tertiary/aromatic N) is 2. The second-order valence-electron chi connectivity index (χ2n) is 2.91. The van der Waals surface area contributed by atoms with Gasteiger partial charge in [-0.2, -0.15) is 4.98 Å². The molecule has 1 aromatic heterocycles. The summed E-state index contributed by atoms with van der Waals surface area (Å²) in [5.74, 6) is 2.40. The molecule has 1 heterocycles. The molecule has 0 bridgehead atoms. The zero-order chi connectivity index (χ0) is 12.7. The molecule has 1 rings (SSSR count). The molecule has 0 radical (unpaired) electrons. The summed E-state index contributed by atoms with van der Waals surface area (Å²) in [5.41, 5.74) is 0. The fourth-order valence-electron chi connectivity index (χ4n) is 0.975. The van der Waals surface area contributed by atoms with Crippen LogP contribution in [0.3, 0.4) is 0 Å². The van der Waals surface area contributed by atoms with E-state index in [0.29, 0.717) is 6.54 Å². The van der Waals surface area contributed by atoms with Crippen molar-refractivity contribution in [2.45, 2.75) is 0 Å². The number of aromatic nitrogens is 2. The third kappa shape index (κ3) is 4.68. The summed E-state index contributed by atoms with van der Waals surface area (Å²) >= 11 is 5.71. The number of nitrogens with one attached hydrogen (secondary N) is 2. The second kappa shape index (κ2) is 6.68. The maximum Gasteiger partial charge on any atom is 0.240 e. The van der Waals surface area contributed by atoms with Crippen molar-refractivity contribution in [3.63, 3.8) is 0 Å². The molecular formula is C10H11ClN4O2. The van der Waals surface area contributed by atoms with Crippen LogP contribution in [0.2, 0.25) is 5.15 Å². The minimum Gasteiger partial charge on any atom is -0.481 e. The van der Waals surface area contributed by atoms with E-state index < -0.39 is 0 Å². The lowest BCUT2D eigenvalue weighted by Crippen LogP contribution is -2.28. The van der Waals surface area contributed by atoms with Gasteiger partial charge in [-0.05, 0) is 0 Å². The monoisotopic (exact) mass is 254 g/mol. The van der Waals surface area contributed by atoms with Gasteiger partial charge < -0.3 is 4.74 Å². The van der Waals surface area contributed by atoms with Crippen LogP contribution in [0.25, 0.3) is 0 Å². The van der Waals surface area contributed by atoms with Crippen LogP contribution in [0.4, 0.5) is 5.95 Å². The van der Waals surface area contributed by atoms with Crippen molar-refractivity contribution in [2.75, 3.05) is 25.5 Å². The van der Waals surface area contributed by atoms with Gasteiger partial charge in [0.05, 0.1) is 20.2 Å². The van der Waals surface area contributed by atoms with Crippen LogP contribution < -0.4 is 15.4 Å². The summed E-state index contributed by atoms with van der Waals surface area (Å²) < 4.78 is 4.89. The van der Waals surface area contributed by atoms with Gasteiger partial charge in [0.25, 0.3) is 0 Å². The minimum atomic E-state index is -0.315. The molecule has 1 amide bonds. The molecule has 7 heteroatoms. The van der Waals surface area contributed by atoms with Crippen LogP contribution in [0.5, 0.6) is 5.88 Å². The molecule has 0 aliphatic heterocycles. The summed E-state index contributed by atoms with van der Waals surface area (Å²) in [4.78, 5) is 19.1. The first kappa shape index (κ1) is 13.2. The van der Waals surface area contributed by atoms with Crippen molar-refractivity contribution in [1.29, 1.82) is 0 Å². The maximum atomic E-state index is 11.4. The van der Waals surface area contributed by atoms with Crippen molar-refractivity contribution < 1.29 is 9.53 Å². The van der Waals surface area contributed by atoms with Gasteiger partial charge in [-0.3, -0.25) is 15.4 Å². The molecule has 0 aliphatic carbocycles. The number of ether oxygens (including phenoxy) is 1. The summed E-state index contributed by atoms with van der Waals surface area (Å²) in [7, 11) is 1.44. The molecule has 2 N–H and O–H groups in total. The Morgan fingerprint density at radius 1 is 1.65 bits per heavy atom. The topological polar surface area (TPSA) is 76.1 Å². The van der Waals surface area contributed by atoms with E-state index in [9.17, 15) is 4.79 Å². The third-order valence-corrected chi connectivity index (χ3v) is 1.84. The van der Waals surface area contributed by atoms with Crippen LogP contribution in [0, 0.1) is 12.3 Å². The SMILES string of the molecule is C#CCNCC(=O)Nc1nc(Cl)cc(OC)n1. The molecule has 0 saturated carbocycles. The predicted molar refractivity (Wildman–Crippen MR) is 63.9 cm³/mol. The number of carbonyl (C=O) groups excluding carboxylic acids is 1. The Labute approximate surface area is 104 Å². The highest BCUT2D eigenvalue weighted by Gasteiger charge is 2.07. The van der Waals surface area contributed by atoms with Gasteiger partial charge >= 0.3 is 0 Å². The van der Waals surface area contributed by atoms with Gasteiger partial charge in [0.2, 0.25) is 17.7 Å². The van der Waals surface area contributed by atoms with Crippen LogP contribution in [-0.4, -0.2) is 36.1 Å². The Bertz CT molecular complexity index is 444. The highest BCUT2D eigenvalue weighted by molar-refractivity contribution is 6.29. The molecule has 90 valence electrons. The fraction of sp³-hybridized carbons (Fsp3) is 0.300. The molecule has 1 aromatic rings. The Morgan fingerprint density at radius 3 is 3.06 bits per heavy atom. The van der Waals surface area contributed by atoms with E-state index in [-0.39, 0.29) is 29.4 Å². The molecule has 0 aromatic carbocycles. The van der Waals surface area contributed by atoms with Gasteiger partial charge in [-0.15, -0.1) is 6.42 Å². The van der Waals surface area contributed by atoms with Crippen LogP contribution in [0.1, 0.15) is 0 Å².